The van der Waals surface area contributed by atoms with Gasteiger partial charge < -0.3 is 15.4 Å². The van der Waals surface area contributed by atoms with Crippen LogP contribution in [0, 0.1) is 0 Å². The zero-order chi connectivity index (χ0) is 23.0. The first-order chi connectivity index (χ1) is 15.2. The number of halogens is 5. The Balaban J connectivity index is 1.71. The van der Waals surface area contributed by atoms with Crippen LogP contribution in [0.2, 0.25) is 10.0 Å². The fraction of sp³-hybridized carbons (Fsp3) is 0.238. The molecule has 0 bridgehead atoms. The molecule has 0 radical (unpaired) electrons. The van der Waals surface area contributed by atoms with Crippen molar-refractivity contribution in [2.45, 2.75) is 24.7 Å². The first kappa shape index (κ1) is 22.3. The molecule has 0 aliphatic carbocycles. The average Bonchev–Trinajstić information content (AvgIpc) is 3.10. The summed E-state index contributed by atoms with van der Waals surface area (Å²) in [5.74, 6) is -0.549. The number of nitrogens with one attached hydrogen (secondary N) is 2. The minimum atomic E-state index is -4.59. The third-order valence-electron chi connectivity index (χ3n) is 5.12. The second-order valence-electron chi connectivity index (χ2n) is 7.16. The molecule has 2 atom stereocenters. The Morgan fingerprint density at radius 3 is 2.59 bits per heavy atom. The maximum absolute atomic E-state index is 13.9. The van der Waals surface area contributed by atoms with Crippen LogP contribution in [0.4, 0.5) is 24.7 Å². The number of benzene rings is 2. The lowest BCUT2D eigenvalue weighted by Gasteiger charge is -2.33. The maximum atomic E-state index is 13.9. The van der Waals surface area contributed by atoms with Crippen molar-refractivity contribution in [1.29, 1.82) is 0 Å². The Morgan fingerprint density at radius 2 is 1.94 bits per heavy atom. The summed E-state index contributed by atoms with van der Waals surface area (Å²) in [7, 11) is 1.41. The van der Waals surface area contributed by atoms with Crippen molar-refractivity contribution in [3.05, 3.63) is 69.8 Å². The van der Waals surface area contributed by atoms with Gasteiger partial charge in [0, 0.05) is 11.4 Å². The van der Waals surface area contributed by atoms with E-state index in [1.807, 2.05) is 0 Å². The van der Waals surface area contributed by atoms with Crippen LogP contribution >= 0.6 is 23.2 Å². The Hall–Kier alpha value is -2.91. The van der Waals surface area contributed by atoms with E-state index in [0.29, 0.717) is 16.3 Å². The highest BCUT2D eigenvalue weighted by atomic mass is 35.5. The molecule has 1 aliphatic rings. The van der Waals surface area contributed by atoms with Gasteiger partial charge in [0.25, 0.3) is 5.91 Å². The molecule has 2 heterocycles. The third-order valence-corrected chi connectivity index (χ3v) is 5.72. The number of nitrogens with zero attached hydrogens (tertiary/aromatic N) is 2. The summed E-state index contributed by atoms with van der Waals surface area (Å²) >= 11 is 12.3. The zero-order valence-electron chi connectivity index (χ0n) is 16.6. The quantitative estimate of drug-likeness (QED) is 0.468. The van der Waals surface area contributed by atoms with Crippen molar-refractivity contribution in [3.8, 4) is 5.75 Å². The van der Waals surface area contributed by atoms with Gasteiger partial charge in [-0.25, -0.2) is 4.68 Å². The summed E-state index contributed by atoms with van der Waals surface area (Å²) in [5, 5.41) is 9.59. The molecule has 1 aliphatic heterocycles. The highest BCUT2D eigenvalue weighted by molar-refractivity contribution is 6.36. The lowest BCUT2D eigenvalue weighted by Crippen LogP contribution is -2.35. The average molecular weight is 485 g/mol. The Morgan fingerprint density at radius 1 is 1.22 bits per heavy atom. The molecule has 32 heavy (non-hydrogen) atoms. The van der Waals surface area contributed by atoms with Gasteiger partial charge in [-0.05, 0) is 23.8 Å². The molecule has 168 valence electrons. The van der Waals surface area contributed by atoms with Gasteiger partial charge in [-0.1, -0.05) is 53.5 Å². The van der Waals surface area contributed by atoms with Gasteiger partial charge >= 0.3 is 6.18 Å². The van der Waals surface area contributed by atoms with Gasteiger partial charge in [-0.2, -0.15) is 18.3 Å². The van der Waals surface area contributed by atoms with E-state index in [0.717, 1.165) is 4.68 Å². The molecule has 1 aromatic heterocycles. The van der Waals surface area contributed by atoms with E-state index in [1.54, 1.807) is 42.5 Å². The van der Waals surface area contributed by atoms with E-state index in [-0.39, 0.29) is 28.6 Å². The highest BCUT2D eigenvalue weighted by Crippen LogP contribution is 2.46. The van der Waals surface area contributed by atoms with Crippen molar-refractivity contribution in [1.82, 2.24) is 9.78 Å². The number of hydrogen-bond acceptors (Lipinski definition) is 4. The Kier molecular flexibility index (Phi) is 5.96. The summed E-state index contributed by atoms with van der Waals surface area (Å²) in [6, 6.07) is 10.7. The maximum Gasteiger partial charge on any atom is 0.410 e. The molecule has 1 amide bonds. The fourth-order valence-corrected chi connectivity index (χ4v) is 4.03. The number of rotatable bonds is 4. The predicted octanol–water partition coefficient (Wildman–Crippen LogP) is 6.11. The summed E-state index contributed by atoms with van der Waals surface area (Å²) in [4.78, 5) is 12.9. The molecule has 0 unspecified atom stereocenters. The summed E-state index contributed by atoms with van der Waals surface area (Å²) < 4.78 is 47.5. The number of amides is 1. The largest absolute Gasteiger partial charge is 0.495 e. The summed E-state index contributed by atoms with van der Waals surface area (Å²) in [5.41, 5.74) is 0.550. The third kappa shape index (κ3) is 4.22. The molecule has 11 heteroatoms. The minimum Gasteiger partial charge on any atom is -0.495 e. The second-order valence-corrected chi connectivity index (χ2v) is 7.97. The van der Waals surface area contributed by atoms with E-state index in [1.165, 1.54) is 13.2 Å². The van der Waals surface area contributed by atoms with Crippen LogP contribution in [0.1, 0.15) is 34.6 Å². The van der Waals surface area contributed by atoms with E-state index >= 15 is 0 Å². The molecule has 3 aromatic rings. The molecule has 2 aromatic carbocycles. The second kappa shape index (κ2) is 8.55. The SMILES string of the molecule is COc1ccc(Cl)cc1NC(=O)c1nn2c(c1Cl)N[C@@H](c1ccccc1)C[C@H]2C(F)(F)F. The molecule has 6 nitrogen and oxygen atoms in total. The van der Waals surface area contributed by atoms with Gasteiger partial charge in [0.15, 0.2) is 11.7 Å². The molecule has 0 saturated heterocycles. The molecule has 0 saturated carbocycles. The standard InChI is InChI=1S/C21H17Cl2F3N4O2/c1-32-15-8-7-12(22)9-14(15)28-20(31)18-17(23)19-27-13(11-5-3-2-4-6-11)10-16(21(24,25)26)30(19)29-18/h2-9,13,16,27H,10H2,1H3,(H,28,31)/t13-,16+/m1/s1. The van der Waals surface area contributed by atoms with E-state index in [9.17, 15) is 18.0 Å². The van der Waals surface area contributed by atoms with Gasteiger partial charge in [0.2, 0.25) is 0 Å². The van der Waals surface area contributed by atoms with Gasteiger partial charge in [0.05, 0.1) is 18.8 Å². The molecule has 0 spiro atoms. The molecular formula is C21H17Cl2F3N4O2. The minimum absolute atomic E-state index is 0.0719. The zero-order valence-corrected chi connectivity index (χ0v) is 18.1. The first-order valence-electron chi connectivity index (χ1n) is 9.50. The monoisotopic (exact) mass is 484 g/mol. The number of alkyl halides is 3. The van der Waals surface area contributed by atoms with Crippen LogP contribution in [-0.4, -0.2) is 29.0 Å². The first-order valence-corrected chi connectivity index (χ1v) is 10.3. The van der Waals surface area contributed by atoms with Gasteiger partial charge in [-0.15, -0.1) is 0 Å². The van der Waals surface area contributed by atoms with Crippen LogP contribution in [0.5, 0.6) is 5.75 Å². The number of methoxy groups -OCH3 is 1. The van der Waals surface area contributed by atoms with E-state index < -0.39 is 24.2 Å². The highest BCUT2D eigenvalue weighted by Gasteiger charge is 2.47. The van der Waals surface area contributed by atoms with Crippen molar-refractivity contribution in [2.24, 2.45) is 0 Å². The number of fused-ring (bicyclic) bond motifs is 1. The Bertz CT molecular complexity index is 1150. The van der Waals surface area contributed by atoms with Crippen molar-refractivity contribution in [3.63, 3.8) is 0 Å². The smallest absolute Gasteiger partial charge is 0.410 e. The van der Waals surface area contributed by atoms with Gasteiger partial charge in [0.1, 0.15) is 16.6 Å². The van der Waals surface area contributed by atoms with Crippen LogP contribution in [-0.2, 0) is 0 Å². The molecule has 0 fully saturated rings. The summed E-state index contributed by atoms with van der Waals surface area (Å²) in [6.07, 6.45) is -4.90. The topological polar surface area (TPSA) is 68.2 Å². The van der Waals surface area contributed by atoms with E-state index in [2.05, 4.69) is 15.7 Å². The van der Waals surface area contributed by atoms with Crippen LogP contribution in [0.3, 0.4) is 0 Å². The normalized spacial score (nSPS) is 17.9. The lowest BCUT2D eigenvalue weighted by molar-refractivity contribution is -0.173. The molecular weight excluding hydrogens is 468 g/mol. The number of hydrogen-bond donors (Lipinski definition) is 2. The van der Waals surface area contributed by atoms with Crippen molar-refractivity contribution < 1.29 is 22.7 Å². The molecule has 2 N–H and O–H groups in total. The number of aromatic nitrogens is 2. The molecule has 4 rings (SSSR count). The fourth-order valence-electron chi connectivity index (χ4n) is 3.60. The number of carbonyl (C=O) groups is 1. The lowest BCUT2D eigenvalue weighted by atomic mass is 9.97. The van der Waals surface area contributed by atoms with Crippen molar-refractivity contribution >= 4 is 40.6 Å². The Labute approximate surface area is 191 Å². The van der Waals surface area contributed by atoms with Crippen molar-refractivity contribution in [2.75, 3.05) is 17.7 Å². The van der Waals surface area contributed by atoms with Crippen LogP contribution in [0.15, 0.2) is 48.5 Å². The number of ether oxygens (including phenoxy) is 1. The van der Waals surface area contributed by atoms with Gasteiger partial charge in [-0.3, -0.25) is 4.79 Å². The number of anilines is 2. The van der Waals surface area contributed by atoms with Crippen LogP contribution in [0.25, 0.3) is 0 Å². The van der Waals surface area contributed by atoms with Crippen LogP contribution < -0.4 is 15.4 Å². The summed E-state index contributed by atoms with van der Waals surface area (Å²) in [6.45, 7) is 0. The number of carbonyl (C=O) groups excluding carboxylic acids is 1. The van der Waals surface area contributed by atoms with E-state index in [4.69, 9.17) is 27.9 Å². The predicted molar refractivity (Wildman–Crippen MR) is 116 cm³/mol.